The van der Waals surface area contributed by atoms with E-state index in [1.54, 1.807) is 0 Å². The van der Waals surface area contributed by atoms with Crippen molar-refractivity contribution >= 4 is 98.6 Å². The quantitative estimate of drug-likeness (QED) is 0.170. The number of benzene rings is 10. The smallest absolute Gasteiger partial charge is 0.0641 e. The van der Waals surface area contributed by atoms with Crippen LogP contribution in [-0.4, -0.2) is 18.3 Å². The summed E-state index contributed by atoms with van der Waals surface area (Å²) in [6.45, 7) is 0. The molecule has 4 heterocycles. The fraction of sp³-hybridized carbons (Fsp3) is 0.0448. The van der Waals surface area contributed by atoms with Crippen molar-refractivity contribution in [2.24, 2.45) is 11.8 Å². The normalized spacial score (nSPS) is 15.6. The lowest BCUT2D eigenvalue weighted by Gasteiger charge is -2.20. The van der Waals surface area contributed by atoms with E-state index in [4.69, 9.17) is 0 Å². The lowest BCUT2D eigenvalue weighted by Crippen LogP contribution is -2.08. The van der Waals surface area contributed by atoms with Crippen LogP contribution in [0.15, 0.2) is 248 Å². The van der Waals surface area contributed by atoms with Crippen LogP contribution < -0.4 is 5.32 Å². The molecule has 4 aromatic heterocycles. The number of nitrogens with zero attached hydrogens (tertiary/aromatic N) is 4. The lowest BCUT2D eigenvalue weighted by molar-refractivity contribution is 0.925. The van der Waals surface area contributed by atoms with E-state index in [9.17, 15) is 0 Å². The van der Waals surface area contributed by atoms with Crippen LogP contribution in [0.2, 0.25) is 0 Å². The van der Waals surface area contributed by atoms with Gasteiger partial charge in [-0.3, -0.25) is 0 Å². The van der Waals surface area contributed by atoms with Gasteiger partial charge in [-0.1, -0.05) is 164 Å². The van der Waals surface area contributed by atoms with E-state index in [0.717, 1.165) is 34.9 Å². The zero-order valence-electron chi connectivity index (χ0n) is 39.2. The van der Waals surface area contributed by atoms with Crippen molar-refractivity contribution < 1.29 is 0 Å². The molecule has 1 saturated carbocycles. The summed E-state index contributed by atoms with van der Waals surface area (Å²) in [4.78, 5) is 0. The first-order chi connectivity index (χ1) is 35.7. The van der Waals surface area contributed by atoms with E-state index >= 15 is 0 Å². The molecule has 72 heavy (non-hydrogen) atoms. The van der Waals surface area contributed by atoms with Crippen molar-refractivity contribution in [3.8, 4) is 28.2 Å². The zero-order valence-corrected chi connectivity index (χ0v) is 39.2. The highest BCUT2D eigenvalue weighted by Gasteiger charge is 2.43. The van der Waals surface area contributed by atoms with Gasteiger partial charge in [0.05, 0.1) is 44.1 Å². The van der Waals surface area contributed by atoms with Crippen molar-refractivity contribution in [2.75, 3.05) is 5.32 Å². The summed E-state index contributed by atoms with van der Waals surface area (Å²) in [7, 11) is 0. The number of allylic oxidation sites excluding steroid dienone is 3. The van der Waals surface area contributed by atoms with Crippen LogP contribution in [0.3, 0.4) is 0 Å². The first-order valence-electron chi connectivity index (χ1n) is 25.2. The molecule has 1 fully saturated rings. The van der Waals surface area contributed by atoms with Crippen molar-refractivity contribution in [1.29, 1.82) is 0 Å². The zero-order chi connectivity index (χ0) is 47.0. The number of anilines is 1. The van der Waals surface area contributed by atoms with Gasteiger partial charge in [-0.05, 0) is 96.8 Å². The number of rotatable bonds is 7. The molecule has 2 aliphatic rings. The van der Waals surface area contributed by atoms with Gasteiger partial charge >= 0.3 is 0 Å². The maximum Gasteiger partial charge on any atom is 0.0641 e. The number of fused-ring (bicyclic) bond motifs is 15. The Morgan fingerprint density at radius 3 is 1.50 bits per heavy atom. The molecule has 5 heteroatoms. The average Bonchev–Trinajstić information content (AvgIpc) is 3.70. The monoisotopic (exact) mass is 919 g/mol. The molecule has 0 spiro atoms. The average molecular weight is 920 g/mol. The summed E-state index contributed by atoms with van der Waals surface area (Å²) in [5.41, 5.74) is 19.1. The molecule has 10 aromatic carbocycles. The van der Waals surface area contributed by atoms with Gasteiger partial charge in [0.1, 0.15) is 0 Å². The second-order valence-electron chi connectivity index (χ2n) is 19.7. The lowest BCUT2D eigenvalue weighted by atomic mass is 10.0. The number of hydrogen-bond acceptors (Lipinski definition) is 1. The molecule has 2 aliphatic carbocycles. The summed E-state index contributed by atoms with van der Waals surface area (Å²) >= 11 is 0. The first-order valence-corrected chi connectivity index (χ1v) is 25.2. The Morgan fingerprint density at radius 2 is 0.847 bits per heavy atom. The molecule has 0 amide bonds. The number of nitrogens with one attached hydrogen (secondary N) is 1. The van der Waals surface area contributed by atoms with Crippen molar-refractivity contribution in [2.45, 2.75) is 6.42 Å². The summed E-state index contributed by atoms with van der Waals surface area (Å²) in [5.74, 6) is 0.923. The Labute approximate surface area is 415 Å². The Hall–Kier alpha value is -9.32. The topological polar surface area (TPSA) is 31.8 Å². The fourth-order valence-corrected chi connectivity index (χ4v) is 12.7. The van der Waals surface area contributed by atoms with E-state index in [0.29, 0.717) is 11.8 Å². The molecule has 0 aliphatic heterocycles. The van der Waals surface area contributed by atoms with Crippen LogP contribution in [-0.2, 0) is 0 Å². The molecule has 0 radical (unpaired) electrons. The summed E-state index contributed by atoms with van der Waals surface area (Å²) < 4.78 is 10.1. The van der Waals surface area contributed by atoms with Crippen LogP contribution in [0.1, 0.15) is 6.42 Å². The summed E-state index contributed by atoms with van der Waals surface area (Å²) in [6.07, 6.45) is 6.03. The van der Waals surface area contributed by atoms with E-state index in [1.165, 1.54) is 104 Å². The fourth-order valence-electron chi connectivity index (χ4n) is 12.7. The molecule has 0 saturated heterocycles. The molecule has 2 unspecified atom stereocenters. The third-order valence-electron chi connectivity index (χ3n) is 15.8. The molecular formula is C67H45N5. The van der Waals surface area contributed by atoms with Gasteiger partial charge in [-0.15, -0.1) is 0 Å². The highest BCUT2D eigenvalue weighted by Crippen LogP contribution is 2.54. The molecule has 14 aromatic rings. The SMILES string of the molecule is C1=C(Nc2ccccc2-c2ccccc2)C=C(n2c3ccccc3c3ccc4c(c5ccccc5n4-c4cccc(-n5c6ccccc6c6ccc7c(c8ccccc8n7-c7ccccc7)c65)c4)c32)C2CC12. The minimum absolute atomic E-state index is 0.443. The van der Waals surface area contributed by atoms with Crippen molar-refractivity contribution in [3.05, 3.63) is 248 Å². The van der Waals surface area contributed by atoms with E-state index in [-0.39, 0.29) is 0 Å². The van der Waals surface area contributed by atoms with E-state index in [2.05, 4.69) is 266 Å². The first kappa shape index (κ1) is 39.5. The Bertz CT molecular complexity index is 4630. The molecule has 5 nitrogen and oxygen atoms in total. The van der Waals surface area contributed by atoms with Gasteiger partial charge in [-0.2, -0.15) is 0 Å². The number of hydrogen-bond donors (Lipinski definition) is 1. The third-order valence-corrected chi connectivity index (χ3v) is 15.8. The van der Waals surface area contributed by atoms with Crippen molar-refractivity contribution in [1.82, 2.24) is 18.3 Å². The van der Waals surface area contributed by atoms with Gasteiger partial charge in [0.2, 0.25) is 0 Å². The predicted molar refractivity (Wildman–Crippen MR) is 302 cm³/mol. The molecule has 2 atom stereocenters. The largest absolute Gasteiger partial charge is 0.355 e. The molecular weight excluding hydrogens is 875 g/mol. The highest BCUT2D eigenvalue weighted by atomic mass is 15.1. The van der Waals surface area contributed by atoms with Crippen LogP contribution in [0.5, 0.6) is 0 Å². The Kier molecular flexibility index (Phi) is 8.28. The Balaban J connectivity index is 0.917. The van der Waals surface area contributed by atoms with Crippen LogP contribution in [0, 0.1) is 11.8 Å². The standard InChI is InChI=1S/C67H45N5/c1-3-18-42(19-4-1)48-24-7-12-29-56(48)68-44-38-43-39-55(43)63(40-44)72-58-31-14-9-26-50(58)52-35-37-62-65(67(52)72)54-28-11-16-33-60(54)70(62)46-22-17-23-47(41-46)71-57-30-13-8-25-49(57)51-34-36-61-64(66(51)71)53-27-10-15-32-59(53)69(61)45-20-5-2-6-21-45/h1-38,40-41,43,55,68H,39H2. The van der Waals surface area contributed by atoms with Gasteiger partial charge in [-0.25, -0.2) is 0 Å². The van der Waals surface area contributed by atoms with Gasteiger partial charge in [0.15, 0.2) is 0 Å². The predicted octanol–water partition coefficient (Wildman–Crippen LogP) is 17.2. The molecule has 0 bridgehead atoms. The van der Waals surface area contributed by atoms with Crippen LogP contribution in [0.4, 0.5) is 5.69 Å². The highest BCUT2D eigenvalue weighted by molar-refractivity contribution is 6.28. The van der Waals surface area contributed by atoms with Gasteiger partial charge in [0, 0.05) is 88.7 Å². The van der Waals surface area contributed by atoms with E-state index < -0.39 is 0 Å². The molecule has 1 N–H and O–H groups in total. The minimum Gasteiger partial charge on any atom is -0.355 e. The third kappa shape index (κ3) is 5.64. The van der Waals surface area contributed by atoms with Gasteiger partial charge < -0.3 is 23.6 Å². The van der Waals surface area contributed by atoms with E-state index in [1.807, 2.05) is 0 Å². The molecule has 16 rings (SSSR count). The maximum absolute atomic E-state index is 3.92. The second-order valence-corrected chi connectivity index (χ2v) is 19.7. The van der Waals surface area contributed by atoms with Crippen LogP contribution >= 0.6 is 0 Å². The summed E-state index contributed by atoms with van der Waals surface area (Å²) in [5, 5.41) is 14.0. The second kappa shape index (κ2) is 15.1. The van der Waals surface area contributed by atoms with Gasteiger partial charge in [0.25, 0.3) is 0 Å². The minimum atomic E-state index is 0.443. The number of para-hydroxylation sites is 6. The Morgan fingerprint density at radius 1 is 0.361 bits per heavy atom. The van der Waals surface area contributed by atoms with Crippen LogP contribution in [0.25, 0.3) is 121 Å². The van der Waals surface area contributed by atoms with Crippen molar-refractivity contribution in [3.63, 3.8) is 0 Å². The summed E-state index contributed by atoms with van der Waals surface area (Å²) in [6, 6.07) is 84.6. The maximum atomic E-state index is 3.92. The number of aromatic nitrogens is 4. The molecule has 338 valence electrons.